The first-order valence-electron chi connectivity index (χ1n) is 11.2. The van der Waals surface area contributed by atoms with Crippen molar-refractivity contribution in [3.05, 3.63) is 68.9 Å². The normalized spacial score (nSPS) is 23.4. The zero-order chi connectivity index (χ0) is 21.6. The van der Waals surface area contributed by atoms with Crippen LogP contribution < -0.4 is 0 Å². The number of piperidine rings is 1. The van der Waals surface area contributed by atoms with Gasteiger partial charge in [0.25, 0.3) is 0 Å². The largest absolute Gasteiger partial charge is 0.377 e. The lowest BCUT2D eigenvalue weighted by Gasteiger charge is -2.34. The lowest BCUT2D eigenvalue weighted by Crippen LogP contribution is -2.39. The third-order valence-electron chi connectivity index (χ3n) is 6.69. The second-order valence-electron chi connectivity index (χ2n) is 8.92. The molecule has 31 heavy (non-hydrogen) atoms. The fourth-order valence-electron chi connectivity index (χ4n) is 5.01. The van der Waals surface area contributed by atoms with E-state index in [1.54, 1.807) is 11.3 Å². The van der Waals surface area contributed by atoms with Crippen LogP contribution in [0.1, 0.15) is 29.9 Å². The third-order valence-corrected chi connectivity index (χ3v) is 7.97. The Balaban J connectivity index is 1.36. The number of likely N-dealkylation sites (tertiary alicyclic amines) is 2. The van der Waals surface area contributed by atoms with Crippen molar-refractivity contribution in [3.63, 3.8) is 0 Å². The fraction of sp³-hybridized carbons (Fsp3) is 0.520. The van der Waals surface area contributed by atoms with Gasteiger partial charge >= 0.3 is 0 Å². The first kappa shape index (κ1) is 23.3. The first-order chi connectivity index (χ1) is 15.1. The third kappa shape index (κ3) is 6.34. The van der Waals surface area contributed by atoms with Gasteiger partial charge in [-0.1, -0.05) is 35.3 Å². The summed E-state index contributed by atoms with van der Waals surface area (Å²) in [5.41, 5.74) is 2.66. The van der Waals surface area contributed by atoms with Crippen molar-refractivity contribution in [3.8, 4) is 0 Å². The molecule has 2 saturated heterocycles. The molecular weight excluding hydrogens is 447 g/mol. The van der Waals surface area contributed by atoms with Gasteiger partial charge in [0.15, 0.2) is 0 Å². The van der Waals surface area contributed by atoms with Crippen LogP contribution in [0.5, 0.6) is 0 Å². The number of hydrogen-bond donors (Lipinski definition) is 0. The van der Waals surface area contributed by atoms with Crippen molar-refractivity contribution >= 4 is 34.5 Å². The van der Waals surface area contributed by atoms with E-state index < -0.39 is 0 Å². The van der Waals surface area contributed by atoms with Crippen LogP contribution in [0.3, 0.4) is 0 Å². The second kappa shape index (κ2) is 11.3. The molecule has 2 aliphatic heterocycles. The van der Waals surface area contributed by atoms with Crippen LogP contribution >= 0.6 is 34.5 Å². The molecule has 6 heteroatoms. The van der Waals surface area contributed by atoms with E-state index in [1.807, 2.05) is 18.2 Å². The molecule has 0 aliphatic carbocycles. The predicted octanol–water partition coefficient (Wildman–Crippen LogP) is 6.19. The van der Waals surface area contributed by atoms with Crippen LogP contribution in [0.4, 0.5) is 0 Å². The molecule has 0 saturated carbocycles. The van der Waals surface area contributed by atoms with E-state index in [0.717, 1.165) is 36.8 Å². The van der Waals surface area contributed by atoms with Gasteiger partial charge in [0.05, 0.1) is 6.61 Å². The number of thiophene rings is 1. The Labute approximate surface area is 200 Å². The molecule has 0 amide bonds. The summed E-state index contributed by atoms with van der Waals surface area (Å²) in [4.78, 5) is 5.24. The zero-order valence-electron chi connectivity index (χ0n) is 18.0. The van der Waals surface area contributed by atoms with Crippen LogP contribution in [0.25, 0.3) is 0 Å². The molecular formula is C25H32Cl2N2OS. The summed E-state index contributed by atoms with van der Waals surface area (Å²) in [6.07, 6.45) is 4.30. The standard InChI is InChI=1S/C25H32Cl2N2OS/c1-2-10-30-17-19-5-8-28(9-6-19)14-22-15-29(16-24(22)21-7-11-31-18-21)13-20-3-4-23(26)12-25(20)27/h2-4,7,11-12,18-19,22,24H,1,5-6,8-10,13-17H2/t22-,24+/m0/s1. The highest BCUT2D eigenvalue weighted by atomic mass is 35.5. The van der Waals surface area contributed by atoms with Gasteiger partial charge in [0, 0.05) is 48.7 Å². The summed E-state index contributed by atoms with van der Waals surface area (Å²) in [5.74, 6) is 1.93. The van der Waals surface area contributed by atoms with Gasteiger partial charge in [0.2, 0.25) is 0 Å². The summed E-state index contributed by atoms with van der Waals surface area (Å²) in [6.45, 7) is 11.9. The van der Waals surface area contributed by atoms with E-state index in [1.165, 1.54) is 38.0 Å². The number of ether oxygens (including phenoxy) is 1. The van der Waals surface area contributed by atoms with Gasteiger partial charge in [-0.15, -0.1) is 6.58 Å². The first-order valence-corrected chi connectivity index (χ1v) is 12.9. The zero-order valence-corrected chi connectivity index (χ0v) is 20.3. The lowest BCUT2D eigenvalue weighted by molar-refractivity contribution is 0.0765. The molecule has 1 aromatic heterocycles. The average molecular weight is 480 g/mol. The molecule has 0 radical (unpaired) electrons. The molecule has 0 unspecified atom stereocenters. The highest BCUT2D eigenvalue weighted by molar-refractivity contribution is 7.08. The SMILES string of the molecule is C=CCOCC1CCN(C[C@H]2CN(Cc3ccc(Cl)cc3Cl)C[C@@H]2c2ccsc2)CC1. The number of halogens is 2. The van der Waals surface area contributed by atoms with Gasteiger partial charge < -0.3 is 9.64 Å². The Bertz CT molecular complexity index is 836. The minimum atomic E-state index is 0.589. The van der Waals surface area contributed by atoms with Gasteiger partial charge in [-0.05, 0) is 77.9 Å². The maximum absolute atomic E-state index is 6.46. The van der Waals surface area contributed by atoms with Crippen LogP contribution in [-0.2, 0) is 11.3 Å². The average Bonchev–Trinajstić information content (AvgIpc) is 3.42. The van der Waals surface area contributed by atoms with Gasteiger partial charge in [-0.25, -0.2) is 0 Å². The van der Waals surface area contributed by atoms with Crippen LogP contribution in [0.2, 0.25) is 10.0 Å². The number of benzene rings is 1. The monoisotopic (exact) mass is 478 g/mol. The Morgan fingerprint density at radius 2 is 1.97 bits per heavy atom. The molecule has 2 aliphatic rings. The van der Waals surface area contributed by atoms with E-state index in [0.29, 0.717) is 29.4 Å². The molecule has 3 nitrogen and oxygen atoms in total. The lowest BCUT2D eigenvalue weighted by atomic mass is 9.89. The maximum atomic E-state index is 6.46. The molecule has 3 heterocycles. The number of nitrogens with zero attached hydrogens (tertiary/aromatic N) is 2. The molecule has 2 aromatic rings. The Hall–Kier alpha value is -0.880. The number of hydrogen-bond acceptors (Lipinski definition) is 4. The molecule has 0 spiro atoms. The summed E-state index contributed by atoms with van der Waals surface area (Å²) >= 11 is 14.4. The molecule has 0 bridgehead atoms. The number of rotatable bonds is 9. The Kier molecular flexibility index (Phi) is 8.50. The van der Waals surface area contributed by atoms with Crippen LogP contribution in [0, 0.1) is 11.8 Å². The second-order valence-corrected chi connectivity index (χ2v) is 10.5. The minimum Gasteiger partial charge on any atom is -0.377 e. The summed E-state index contributed by atoms with van der Waals surface area (Å²) in [7, 11) is 0. The van der Waals surface area contributed by atoms with E-state index in [4.69, 9.17) is 27.9 Å². The van der Waals surface area contributed by atoms with Gasteiger partial charge in [-0.2, -0.15) is 11.3 Å². The summed E-state index contributed by atoms with van der Waals surface area (Å²) < 4.78 is 5.68. The van der Waals surface area contributed by atoms with Crippen molar-refractivity contribution in [1.29, 1.82) is 0 Å². The van der Waals surface area contributed by atoms with Gasteiger partial charge in [0.1, 0.15) is 0 Å². The highest BCUT2D eigenvalue weighted by Crippen LogP contribution is 2.36. The molecule has 4 rings (SSSR count). The van der Waals surface area contributed by atoms with E-state index in [9.17, 15) is 0 Å². The molecule has 1 aromatic carbocycles. The maximum Gasteiger partial charge on any atom is 0.0644 e. The van der Waals surface area contributed by atoms with Crippen LogP contribution in [0.15, 0.2) is 47.7 Å². The molecule has 0 N–H and O–H groups in total. The van der Waals surface area contributed by atoms with Crippen LogP contribution in [-0.4, -0.2) is 55.7 Å². The van der Waals surface area contributed by atoms with Gasteiger partial charge in [-0.3, -0.25) is 4.90 Å². The smallest absolute Gasteiger partial charge is 0.0644 e. The Morgan fingerprint density at radius 3 is 2.68 bits per heavy atom. The Morgan fingerprint density at radius 1 is 1.13 bits per heavy atom. The predicted molar refractivity (Wildman–Crippen MR) is 132 cm³/mol. The topological polar surface area (TPSA) is 15.7 Å². The van der Waals surface area contributed by atoms with Crippen molar-refractivity contribution < 1.29 is 4.74 Å². The molecule has 2 fully saturated rings. The molecule has 168 valence electrons. The van der Waals surface area contributed by atoms with E-state index in [2.05, 4.69) is 39.3 Å². The summed E-state index contributed by atoms with van der Waals surface area (Å²) in [5, 5.41) is 6.01. The van der Waals surface area contributed by atoms with E-state index >= 15 is 0 Å². The van der Waals surface area contributed by atoms with Crippen molar-refractivity contribution in [2.75, 3.05) is 45.9 Å². The quantitative estimate of drug-likeness (QED) is 0.315. The molecule has 2 atom stereocenters. The highest BCUT2D eigenvalue weighted by Gasteiger charge is 2.35. The summed E-state index contributed by atoms with van der Waals surface area (Å²) in [6, 6.07) is 8.17. The van der Waals surface area contributed by atoms with Crippen molar-refractivity contribution in [1.82, 2.24) is 9.80 Å². The van der Waals surface area contributed by atoms with Crippen molar-refractivity contribution in [2.45, 2.75) is 25.3 Å². The fourth-order valence-corrected chi connectivity index (χ4v) is 6.21. The minimum absolute atomic E-state index is 0.589. The van der Waals surface area contributed by atoms with E-state index in [-0.39, 0.29) is 0 Å². The van der Waals surface area contributed by atoms with Crippen molar-refractivity contribution in [2.24, 2.45) is 11.8 Å².